The third-order valence-electron chi connectivity index (χ3n) is 3.31. The fourth-order valence-corrected chi connectivity index (χ4v) is 3.00. The lowest BCUT2D eigenvalue weighted by molar-refractivity contribution is -0.116. The molecule has 0 bridgehead atoms. The molecule has 1 aromatic carbocycles. The zero-order valence-corrected chi connectivity index (χ0v) is 13.7. The second-order valence-electron chi connectivity index (χ2n) is 4.90. The van der Waals surface area contributed by atoms with Crippen LogP contribution in [-0.4, -0.2) is 5.91 Å². The van der Waals surface area contributed by atoms with Crippen LogP contribution in [0.3, 0.4) is 0 Å². The van der Waals surface area contributed by atoms with Gasteiger partial charge in [0.25, 0.3) is 0 Å². The lowest BCUT2D eigenvalue weighted by Gasteiger charge is -2.17. The maximum atomic E-state index is 12.2. The van der Waals surface area contributed by atoms with Crippen LogP contribution >= 0.6 is 22.9 Å². The summed E-state index contributed by atoms with van der Waals surface area (Å²) in [4.78, 5) is 12.2. The van der Waals surface area contributed by atoms with E-state index in [1.54, 1.807) is 35.8 Å². The van der Waals surface area contributed by atoms with Crippen LogP contribution in [0.25, 0.3) is 6.08 Å². The van der Waals surface area contributed by atoms with Crippen molar-refractivity contribution < 1.29 is 9.21 Å². The van der Waals surface area contributed by atoms with Crippen molar-refractivity contribution in [3.63, 3.8) is 0 Å². The number of carbonyl (C=O) groups is 1. The van der Waals surface area contributed by atoms with Gasteiger partial charge >= 0.3 is 0 Å². The molecule has 5 heteroatoms. The smallest absolute Gasteiger partial charge is 0.244 e. The van der Waals surface area contributed by atoms with E-state index in [4.69, 9.17) is 16.0 Å². The first-order valence-corrected chi connectivity index (χ1v) is 8.34. The zero-order valence-electron chi connectivity index (χ0n) is 12.1. The average Bonchev–Trinajstić information content (AvgIpc) is 3.25. The Hall–Kier alpha value is -2.30. The second-order valence-corrected chi connectivity index (χ2v) is 6.12. The van der Waals surface area contributed by atoms with Gasteiger partial charge in [-0.2, -0.15) is 11.3 Å². The van der Waals surface area contributed by atoms with Gasteiger partial charge in [-0.25, -0.2) is 0 Å². The van der Waals surface area contributed by atoms with E-state index in [0.29, 0.717) is 10.8 Å². The fraction of sp³-hybridized carbons (Fsp3) is 0.0556. The van der Waals surface area contributed by atoms with Crippen molar-refractivity contribution in [2.75, 3.05) is 0 Å². The van der Waals surface area contributed by atoms with Gasteiger partial charge in [-0.1, -0.05) is 23.7 Å². The Labute approximate surface area is 143 Å². The van der Waals surface area contributed by atoms with Crippen molar-refractivity contribution in [3.05, 3.63) is 87.5 Å². The van der Waals surface area contributed by atoms with E-state index in [1.165, 1.54) is 6.08 Å². The Morgan fingerprint density at radius 1 is 1.17 bits per heavy atom. The summed E-state index contributed by atoms with van der Waals surface area (Å²) < 4.78 is 5.18. The van der Waals surface area contributed by atoms with E-state index in [-0.39, 0.29) is 11.9 Å². The van der Waals surface area contributed by atoms with Crippen molar-refractivity contribution in [1.82, 2.24) is 5.32 Å². The molecular weight excluding hydrogens is 330 g/mol. The van der Waals surface area contributed by atoms with Gasteiger partial charge in [-0.3, -0.25) is 4.79 Å². The molecule has 0 aliphatic rings. The van der Waals surface area contributed by atoms with Crippen molar-refractivity contribution in [3.8, 4) is 0 Å². The monoisotopic (exact) mass is 343 g/mol. The van der Waals surface area contributed by atoms with E-state index in [9.17, 15) is 4.79 Å². The van der Waals surface area contributed by atoms with Crippen LogP contribution in [0, 0.1) is 0 Å². The van der Waals surface area contributed by atoms with Crippen LogP contribution in [0.4, 0.5) is 0 Å². The van der Waals surface area contributed by atoms with Crippen LogP contribution in [0.1, 0.15) is 22.9 Å². The van der Waals surface area contributed by atoms with Crippen LogP contribution < -0.4 is 5.32 Å². The lowest BCUT2D eigenvalue weighted by Crippen LogP contribution is -2.27. The second kappa shape index (κ2) is 7.31. The van der Waals surface area contributed by atoms with Crippen molar-refractivity contribution in [1.29, 1.82) is 0 Å². The van der Waals surface area contributed by atoms with Gasteiger partial charge < -0.3 is 9.73 Å². The highest BCUT2D eigenvalue weighted by molar-refractivity contribution is 7.08. The first-order valence-electron chi connectivity index (χ1n) is 7.02. The molecule has 3 nitrogen and oxygen atoms in total. The number of hydrogen-bond acceptors (Lipinski definition) is 3. The predicted octanol–water partition coefficient (Wildman–Crippen LogP) is 4.91. The number of benzene rings is 1. The molecule has 1 N–H and O–H groups in total. The lowest BCUT2D eigenvalue weighted by atomic mass is 10.0. The maximum Gasteiger partial charge on any atom is 0.244 e. The number of hydrogen-bond donors (Lipinski definition) is 1. The first kappa shape index (κ1) is 15.6. The van der Waals surface area contributed by atoms with Gasteiger partial charge in [0.05, 0.1) is 12.3 Å². The molecule has 1 amide bonds. The summed E-state index contributed by atoms with van der Waals surface area (Å²) in [5.41, 5.74) is 2.02. The SMILES string of the molecule is O=C(/C=C/c1ccco1)NC(c1ccc(Cl)cc1)c1ccsc1. The van der Waals surface area contributed by atoms with Gasteiger partial charge in [-0.05, 0) is 58.3 Å². The third-order valence-corrected chi connectivity index (χ3v) is 4.26. The summed E-state index contributed by atoms with van der Waals surface area (Å²) in [5, 5.41) is 7.69. The molecule has 2 heterocycles. The zero-order chi connectivity index (χ0) is 16.1. The Bertz CT molecular complexity index is 777. The molecule has 3 aromatic rings. The van der Waals surface area contributed by atoms with Gasteiger partial charge in [0.1, 0.15) is 5.76 Å². The van der Waals surface area contributed by atoms with Crippen molar-refractivity contribution in [2.45, 2.75) is 6.04 Å². The highest BCUT2D eigenvalue weighted by Gasteiger charge is 2.16. The Morgan fingerprint density at radius 2 is 2.00 bits per heavy atom. The Balaban J connectivity index is 1.79. The van der Waals surface area contributed by atoms with E-state index < -0.39 is 0 Å². The minimum Gasteiger partial charge on any atom is -0.465 e. The number of rotatable bonds is 5. The molecule has 116 valence electrons. The molecule has 0 spiro atoms. The van der Waals surface area contributed by atoms with E-state index in [2.05, 4.69) is 5.32 Å². The predicted molar refractivity (Wildman–Crippen MR) is 93.5 cm³/mol. The first-order chi connectivity index (χ1) is 11.2. The minimum absolute atomic E-state index is 0.187. The molecule has 0 saturated carbocycles. The quantitative estimate of drug-likeness (QED) is 0.668. The van der Waals surface area contributed by atoms with Crippen LogP contribution in [0.2, 0.25) is 5.02 Å². The molecule has 23 heavy (non-hydrogen) atoms. The van der Waals surface area contributed by atoms with Crippen LogP contribution in [-0.2, 0) is 4.79 Å². The number of nitrogens with one attached hydrogen (secondary N) is 1. The summed E-state index contributed by atoms with van der Waals surface area (Å²) in [6, 6.07) is 12.8. The molecule has 1 atom stereocenters. The van der Waals surface area contributed by atoms with E-state index >= 15 is 0 Å². The molecule has 0 saturated heterocycles. The summed E-state index contributed by atoms with van der Waals surface area (Å²) in [7, 11) is 0. The van der Waals surface area contributed by atoms with E-state index in [1.807, 2.05) is 41.1 Å². The van der Waals surface area contributed by atoms with Crippen molar-refractivity contribution >= 4 is 34.9 Å². The normalized spacial score (nSPS) is 12.4. The average molecular weight is 344 g/mol. The van der Waals surface area contributed by atoms with Gasteiger partial charge in [0.2, 0.25) is 5.91 Å². The largest absolute Gasteiger partial charge is 0.465 e. The van der Waals surface area contributed by atoms with Gasteiger partial charge in [0, 0.05) is 11.1 Å². The number of furan rings is 1. The molecule has 0 aliphatic heterocycles. The molecular formula is C18H14ClNO2S. The Kier molecular flexibility index (Phi) is 4.95. The number of halogens is 1. The molecule has 3 rings (SSSR count). The van der Waals surface area contributed by atoms with Crippen molar-refractivity contribution in [2.24, 2.45) is 0 Å². The summed E-state index contributed by atoms with van der Waals surface area (Å²) >= 11 is 7.54. The molecule has 2 aromatic heterocycles. The summed E-state index contributed by atoms with van der Waals surface area (Å²) in [5.74, 6) is 0.450. The summed E-state index contributed by atoms with van der Waals surface area (Å²) in [6.07, 6.45) is 4.68. The molecule has 0 aliphatic carbocycles. The highest BCUT2D eigenvalue weighted by atomic mass is 35.5. The fourth-order valence-electron chi connectivity index (χ4n) is 2.19. The number of amides is 1. The minimum atomic E-state index is -0.215. The van der Waals surface area contributed by atoms with Gasteiger partial charge in [0.15, 0.2) is 0 Å². The standard InChI is InChI=1S/C18H14ClNO2S/c19-15-5-3-13(4-6-15)18(14-9-11-23-12-14)20-17(21)8-7-16-2-1-10-22-16/h1-12,18H,(H,20,21)/b8-7+. The summed E-state index contributed by atoms with van der Waals surface area (Å²) in [6.45, 7) is 0. The number of carbonyl (C=O) groups excluding carboxylic acids is 1. The van der Waals surface area contributed by atoms with Crippen LogP contribution in [0.15, 0.2) is 70.0 Å². The number of thiophene rings is 1. The molecule has 1 unspecified atom stereocenters. The van der Waals surface area contributed by atoms with E-state index in [0.717, 1.165) is 11.1 Å². The molecule has 0 fully saturated rings. The third kappa shape index (κ3) is 4.12. The highest BCUT2D eigenvalue weighted by Crippen LogP contribution is 2.25. The Morgan fingerprint density at radius 3 is 2.65 bits per heavy atom. The topological polar surface area (TPSA) is 42.2 Å². The maximum absolute atomic E-state index is 12.2. The molecule has 0 radical (unpaired) electrons. The van der Waals surface area contributed by atoms with Crippen LogP contribution in [0.5, 0.6) is 0 Å². The van der Waals surface area contributed by atoms with Gasteiger partial charge in [-0.15, -0.1) is 0 Å².